The summed E-state index contributed by atoms with van der Waals surface area (Å²) in [6.07, 6.45) is 5.22. The molecule has 4 aromatic rings. The van der Waals surface area contributed by atoms with E-state index in [1.807, 2.05) is 0 Å². The van der Waals surface area contributed by atoms with Gasteiger partial charge in [-0.1, -0.05) is 25.1 Å². The van der Waals surface area contributed by atoms with Crippen LogP contribution in [0, 0.1) is 5.92 Å². The molecule has 5 rings (SSSR count). The lowest BCUT2D eigenvalue weighted by Crippen LogP contribution is -2.21. The fourth-order valence-corrected chi connectivity index (χ4v) is 4.67. The summed E-state index contributed by atoms with van der Waals surface area (Å²) >= 11 is 0. The molecule has 3 aromatic heterocycles. The SMILES string of the molecule is CCc1cccc2cc(-c3nc([C@H]4CC[C@H](C(=O)O)CC4)n4ncnc(N)c34)[nH]c12. The van der Waals surface area contributed by atoms with Gasteiger partial charge in [0.2, 0.25) is 0 Å². The van der Waals surface area contributed by atoms with Crippen molar-refractivity contribution in [3.05, 3.63) is 42.0 Å². The lowest BCUT2D eigenvalue weighted by Gasteiger charge is -2.24. The molecule has 0 aliphatic heterocycles. The van der Waals surface area contributed by atoms with Gasteiger partial charge in [0.05, 0.1) is 11.6 Å². The number of aliphatic carboxylic acids is 1. The average molecular weight is 404 g/mol. The van der Waals surface area contributed by atoms with Crippen molar-refractivity contribution in [1.29, 1.82) is 0 Å². The quantitative estimate of drug-likeness (QED) is 0.476. The Hall–Kier alpha value is -3.42. The smallest absolute Gasteiger partial charge is 0.306 e. The third-order valence-corrected chi connectivity index (χ3v) is 6.31. The summed E-state index contributed by atoms with van der Waals surface area (Å²) in [6.45, 7) is 2.14. The number of carbonyl (C=O) groups is 1. The number of hydrogen-bond acceptors (Lipinski definition) is 5. The lowest BCUT2D eigenvalue weighted by atomic mass is 9.82. The summed E-state index contributed by atoms with van der Waals surface area (Å²) in [5.74, 6) is 0.373. The Morgan fingerprint density at radius 3 is 2.83 bits per heavy atom. The van der Waals surface area contributed by atoms with E-state index < -0.39 is 5.97 Å². The van der Waals surface area contributed by atoms with Crippen LogP contribution in [0.1, 0.15) is 49.9 Å². The Balaban J connectivity index is 1.63. The van der Waals surface area contributed by atoms with E-state index in [0.29, 0.717) is 24.2 Å². The number of rotatable bonds is 4. The van der Waals surface area contributed by atoms with Crippen molar-refractivity contribution >= 4 is 28.2 Å². The van der Waals surface area contributed by atoms with Crippen molar-refractivity contribution in [2.75, 3.05) is 5.73 Å². The van der Waals surface area contributed by atoms with Crippen molar-refractivity contribution in [2.45, 2.75) is 44.9 Å². The lowest BCUT2D eigenvalue weighted by molar-refractivity contribution is -0.142. The minimum absolute atomic E-state index is 0.145. The molecule has 0 saturated heterocycles. The van der Waals surface area contributed by atoms with E-state index in [2.05, 4.69) is 46.3 Å². The molecule has 0 bridgehead atoms. The molecule has 0 amide bonds. The number of aromatic amines is 1. The number of carboxylic acid groups (broad SMARTS) is 1. The van der Waals surface area contributed by atoms with Gasteiger partial charge in [-0.3, -0.25) is 4.79 Å². The predicted molar refractivity (Wildman–Crippen MR) is 114 cm³/mol. The molecule has 0 radical (unpaired) electrons. The van der Waals surface area contributed by atoms with Crippen LogP contribution in [0.5, 0.6) is 0 Å². The van der Waals surface area contributed by atoms with Gasteiger partial charge < -0.3 is 15.8 Å². The third-order valence-electron chi connectivity index (χ3n) is 6.31. The molecular formula is C22H24N6O2. The molecule has 1 aliphatic carbocycles. The third kappa shape index (κ3) is 2.91. The van der Waals surface area contributed by atoms with Crippen molar-refractivity contribution in [2.24, 2.45) is 5.92 Å². The van der Waals surface area contributed by atoms with Gasteiger partial charge in [0.1, 0.15) is 23.4 Å². The van der Waals surface area contributed by atoms with Crippen LogP contribution in [-0.4, -0.2) is 35.6 Å². The van der Waals surface area contributed by atoms with Gasteiger partial charge in [-0.05, 0) is 43.7 Å². The van der Waals surface area contributed by atoms with Gasteiger partial charge in [-0.2, -0.15) is 5.10 Å². The molecule has 1 fully saturated rings. The maximum atomic E-state index is 11.3. The monoisotopic (exact) mass is 404 g/mol. The maximum Gasteiger partial charge on any atom is 0.306 e. The molecule has 0 unspecified atom stereocenters. The Kier molecular flexibility index (Phi) is 4.42. The van der Waals surface area contributed by atoms with E-state index in [1.54, 1.807) is 4.52 Å². The molecule has 1 saturated carbocycles. The van der Waals surface area contributed by atoms with Crippen LogP contribution >= 0.6 is 0 Å². The first-order valence-electron chi connectivity index (χ1n) is 10.4. The molecule has 4 N–H and O–H groups in total. The van der Waals surface area contributed by atoms with Crippen molar-refractivity contribution in [3.63, 3.8) is 0 Å². The Morgan fingerprint density at radius 2 is 2.10 bits per heavy atom. The summed E-state index contributed by atoms with van der Waals surface area (Å²) < 4.78 is 1.79. The molecule has 8 nitrogen and oxygen atoms in total. The highest BCUT2D eigenvalue weighted by molar-refractivity contribution is 5.92. The number of aryl methyl sites for hydroxylation is 1. The number of imidazole rings is 1. The largest absolute Gasteiger partial charge is 0.481 e. The highest BCUT2D eigenvalue weighted by Crippen LogP contribution is 2.38. The highest BCUT2D eigenvalue weighted by atomic mass is 16.4. The van der Waals surface area contributed by atoms with Gasteiger partial charge in [0, 0.05) is 16.8 Å². The number of nitrogen functional groups attached to an aromatic ring is 1. The van der Waals surface area contributed by atoms with Crippen LogP contribution in [0.3, 0.4) is 0 Å². The number of benzene rings is 1. The first-order valence-corrected chi connectivity index (χ1v) is 10.4. The number of para-hydroxylation sites is 1. The predicted octanol–water partition coefficient (Wildman–Crippen LogP) is 3.78. The van der Waals surface area contributed by atoms with Crippen molar-refractivity contribution < 1.29 is 9.90 Å². The van der Waals surface area contributed by atoms with Crippen LogP contribution in [0.25, 0.3) is 27.8 Å². The minimum Gasteiger partial charge on any atom is -0.481 e. The number of H-pyrrole nitrogens is 1. The van der Waals surface area contributed by atoms with Crippen molar-refractivity contribution in [3.8, 4) is 11.4 Å². The second kappa shape index (κ2) is 7.12. The number of fused-ring (bicyclic) bond motifs is 2. The summed E-state index contributed by atoms with van der Waals surface area (Å²) in [7, 11) is 0. The Bertz CT molecular complexity index is 1250. The highest BCUT2D eigenvalue weighted by Gasteiger charge is 2.31. The maximum absolute atomic E-state index is 11.3. The number of nitrogens with one attached hydrogen (secondary N) is 1. The first-order chi connectivity index (χ1) is 14.6. The van der Waals surface area contributed by atoms with E-state index in [0.717, 1.165) is 47.4 Å². The number of nitrogens with two attached hydrogens (primary N) is 1. The average Bonchev–Trinajstić information content (AvgIpc) is 3.36. The van der Waals surface area contributed by atoms with Gasteiger partial charge in [-0.25, -0.2) is 14.5 Å². The van der Waals surface area contributed by atoms with Crippen molar-refractivity contribution in [1.82, 2.24) is 24.6 Å². The van der Waals surface area contributed by atoms with E-state index >= 15 is 0 Å². The fraction of sp³-hybridized carbons (Fsp3) is 0.364. The molecule has 0 spiro atoms. The zero-order valence-corrected chi connectivity index (χ0v) is 16.8. The van der Waals surface area contributed by atoms with E-state index in [9.17, 15) is 9.90 Å². The molecule has 3 heterocycles. The van der Waals surface area contributed by atoms with Crippen LogP contribution in [0.15, 0.2) is 30.6 Å². The number of nitrogens with zero attached hydrogens (tertiary/aromatic N) is 4. The molecule has 1 aromatic carbocycles. The Morgan fingerprint density at radius 1 is 1.30 bits per heavy atom. The van der Waals surface area contributed by atoms with E-state index in [4.69, 9.17) is 10.7 Å². The van der Waals surface area contributed by atoms with Gasteiger partial charge in [0.15, 0.2) is 5.82 Å². The molecular weight excluding hydrogens is 380 g/mol. The summed E-state index contributed by atoms with van der Waals surface area (Å²) in [5.41, 5.74) is 10.9. The second-order valence-electron chi connectivity index (χ2n) is 8.03. The molecule has 1 aliphatic rings. The van der Waals surface area contributed by atoms with E-state index in [-0.39, 0.29) is 11.8 Å². The zero-order valence-electron chi connectivity index (χ0n) is 16.8. The topological polar surface area (TPSA) is 122 Å². The van der Waals surface area contributed by atoms with Crippen LogP contribution in [-0.2, 0) is 11.2 Å². The molecule has 8 heteroatoms. The van der Waals surface area contributed by atoms with Crippen LogP contribution in [0.4, 0.5) is 5.82 Å². The van der Waals surface area contributed by atoms with Crippen LogP contribution < -0.4 is 5.73 Å². The number of anilines is 1. The summed E-state index contributed by atoms with van der Waals surface area (Å²) in [6, 6.07) is 8.36. The number of aromatic nitrogens is 5. The van der Waals surface area contributed by atoms with E-state index in [1.165, 1.54) is 11.9 Å². The first kappa shape index (κ1) is 18.6. The number of carboxylic acids is 1. The molecule has 0 atom stereocenters. The normalized spacial score (nSPS) is 19.5. The Labute approximate surface area is 173 Å². The van der Waals surface area contributed by atoms with Gasteiger partial charge in [-0.15, -0.1) is 0 Å². The molecule has 30 heavy (non-hydrogen) atoms. The standard InChI is InChI=1S/C22H24N6O2/c1-2-12-4-3-5-15-10-16(26-17(12)15)18-19-20(23)24-11-25-28(19)21(27-18)13-6-8-14(9-7-13)22(29)30/h3-5,10-11,13-14,26H,2,6-9H2,1H3,(H,29,30)(H2,23,24,25)/t13-,14-. The fourth-order valence-electron chi connectivity index (χ4n) is 4.67. The second-order valence-corrected chi connectivity index (χ2v) is 8.03. The minimum atomic E-state index is -0.710. The summed E-state index contributed by atoms with van der Waals surface area (Å²) in [5, 5.41) is 14.9. The number of hydrogen-bond donors (Lipinski definition) is 3. The molecule has 154 valence electrons. The summed E-state index contributed by atoms with van der Waals surface area (Å²) in [4.78, 5) is 24.0. The van der Waals surface area contributed by atoms with Gasteiger partial charge >= 0.3 is 5.97 Å². The van der Waals surface area contributed by atoms with Crippen LogP contribution in [0.2, 0.25) is 0 Å². The van der Waals surface area contributed by atoms with Gasteiger partial charge in [0.25, 0.3) is 0 Å². The zero-order chi connectivity index (χ0) is 20.8.